The molecule has 1 fully saturated rings. The Bertz CT molecular complexity index is 506. The minimum absolute atomic E-state index is 0.0153. The van der Waals surface area contributed by atoms with Crippen molar-refractivity contribution < 1.29 is 9.72 Å². The molecule has 1 aromatic carbocycles. The van der Waals surface area contributed by atoms with Gasteiger partial charge in [0.15, 0.2) is 0 Å². The Morgan fingerprint density at radius 3 is 2.83 bits per heavy atom. The third-order valence-electron chi connectivity index (χ3n) is 2.95. The molecule has 1 amide bonds. The number of alkyl halides is 1. The van der Waals surface area contributed by atoms with Crippen LogP contribution in [0.1, 0.15) is 6.42 Å². The zero-order valence-electron chi connectivity index (χ0n) is 9.51. The second-order valence-electron chi connectivity index (χ2n) is 4.23. The molecule has 1 unspecified atom stereocenters. The van der Waals surface area contributed by atoms with Gasteiger partial charge in [-0.2, -0.15) is 0 Å². The molecule has 0 aromatic heterocycles. The Morgan fingerprint density at radius 1 is 1.56 bits per heavy atom. The summed E-state index contributed by atoms with van der Waals surface area (Å²) < 4.78 is 0. The molecule has 0 aliphatic carbocycles. The molecule has 1 atom stereocenters. The highest BCUT2D eigenvalue weighted by Crippen LogP contribution is 2.31. The summed E-state index contributed by atoms with van der Waals surface area (Å²) in [5.74, 6) is 0.229. The molecule has 1 aliphatic heterocycles. The summed E-state index contributed by atoms with van der Waals surface area (Å²) in [6, 6.07) is 4.45. The summed E-state index contributed by atoms with van der Waals surface area (Å²) in [5, 5.41) is 11.5. The molecule has 0 radical (unpaired) electrons. The summed E-state index contributed by atoms with van der Waals surface area (Å²) >= 11 is 3.35. The summed E-state index contributed by atoms with van der Waals surface area (Å²) in [7, 11) is 0. The lowest BCUT2D eigenvalue weighted by Gasteiger charge is -2.16. The van der Waals surface area contributed by atoms with Gasteiger partial charge in [-0.25, -0.2) is 0 Å². The first-order valence-electron chi connectivity index (χ1n) is 5.43. The number of nitrogen functional groups attached to an aromatic ring is 1. The van der Waals surface area contributed by atoms with Gasteiger partial charge in [-0.1, -0.05) is 15.9 Å². The number of benzene rings is 1. The van der Waals surface area contributed by atoms with Crippen molar-refractivity contribution in [3.8, 4) is 0 Å². The second kappa shape index (κ2) is 4.93. The fourth-order valence-corrected chi connectivity index (χ4v) is 2.43. The minimum atomic E-state index is -0.540. The van der Waals surface area contributed by atoms with Crippen LogP contribution in [0.2, 0.25) is 0 Å². The van der Waals surface area contributed by atoms with Crippen molar-refractivity contribution in [1.29, 1.82) is 0 Å². The summed E-state index contributed by atoms with van der Waals surface area (Å²) in [5.41, 5.74) is 6.00. The lowest BCUT2D eigenvalue weighted by atomic mass is 10.2. The van der Waals surface area contributed by atoms with Crippen LogP contribution in [0, 0.1) is 16.0 Å². The van der Waals surface area contributed by atoms with Crippen molar-refractivity contribution in [3.05, 3.63) is 28.3 Å². The number of hydrogen-bond acceptors (Lipinski definition) is 4. The number of carbonyl (C=O) groups is 1. The fourth-order valence-electron chi connectivity index (χ4n) is 1.99. The van der Waals surface area contributed by atoms with Gasteiger partial charge in [-0.15, -0.1) is 0 Å². The van der Waals surface area contributed by atoms with Gasteiger partial charge in [0.05, 0.1) is 10.6 Å². The smallest absolute Gasteiger partial charge is 0.294 e. The zero-order chi connectivity index (χ0) is 13.3. The molecule has 1 aliphatic rings. The van der Waals surface area contributed by atoms with Crippen LogP contribution < -0.4 is 10.6 Å². The van der Waals surface area contributed by atoms with E-state index in [9.17, 15) is 14.9 Å². The van der Waals surface area contributed by atoms with E-state index in [2.05, 4.69) is 15.9 Å². The molecular formula is C11H12BrN3O3. The second-order valence-corrected chi connectivity index (χ2v) is 4.88. The van der Waals surface area contributed by atoms with Crippen molar-refractivity contribution in [2.24, 2.45) is 5.92 Å². The average molecular weight is 314 g/mol. The molecule has 2 N–H and O–H groups in total. The first-order chi connectivity index (χ1) is 8.52. The number of nitro groups is 1. The molecule has 7 heteroatoms. The van der Waals surface area contributed by atoms with E-state index < -0.39 is 4.92 Å². The first-order valence-corrected chi connectivity index (χ1v) is 6.55. The highest BCUT2D eigenvalue weighted by Gasteiger charge is 2.30. The predicted molar refractivity (Wildman–Crippen MR) is 71.8 cm³/mol. The van der Waals surface area contributed by atoms with Crippen molar-refractivity contribution >= 4 is 38.9 Å². The molecular weight excluding hydrogens is 302 g/mol. The third kappa shape index (κ3) is 2.31. The minimum Gasteiger partial charge on any atom is -0.393 e. The quantitative estimate of drug-likeness (QED) is 0.399. The van der Waals surface area contributed by atoms with Gasteiger partial charge in [0.1, 0.15) is 5.69 Å². The number of hydrogen-bond donors (Lipinski definition) is 1. The van der Waals surface area contributed by atoms with Crippen LogP contribution in [0.4, 0.5) is 17.1 Å². The van der Waals surface area contributed by atoms with Crippen molar-refractivity contribution in [1.82, 2.24) is 0 Å². The fraction of sp³-hybridized carbons (Fsp3) is 0.364. The molecule has 18 heavy (non-hydrogen) atoms. The third-order valence-corrected chi connectivity index (χ3v) is 3.86. The maximum absolute atomic E-state index is 11.8. The molecule has 1 heterocycles. The highest BCUT2D eigenvalue weighted by atomic mass is 79.9. The number of amides is 1. The Morgan fingerprint density at radius 2 is 2.28 bits per heavy atom. The first kappa shape index (κ1) is 12.8. The van der Waals surface area contributed by atoms with E-state index in [-0.39, 0.29) is 23.2 Å². The number of nitrogens with two attached hydrogens (primary N) is 1. The Balaban J connectivity index is 2.32. The summed E-state index contributed by atoms with van der Waals surface area (Å²) in [4.78, 5) is 23.6. The molecule has 2 rings (SSSR count). The van der Waals surface area contributed by atoms with Crippen LogP contribution in [-0.2, 0) is 4.79 Å². The lowest BCUT2D eigenvalue weighted by molar-refractivity contribution is -0.383. The van der Waals surface area contributed by atoms with Gasteiger partial charge < -0.3 is 10.6 Å². The molecule has 0 bridgehead atoms. The number of carbonyl (C=O) groups excluding carboxylic acids is 1. The summed E-state index contributed by atoms with van der Waals surface area (Å²) in [6.07, 6.45) is 0.462. The molecule has 0 saturated carbocycles. The monoisotopic (exact) mass is 313 g/mol. The zero-order valence-corrected chi connectivity index (χ0v) is 11.1. The summed E-state index contributed by atoms with van der Waals surface area (Å²) in [6.45, 7) is 0.575. The topological polar surface area (TPSA) is 89.5 Å². The van der Waals surface area contributed by atoms with E-state index in [1.165, 1.54) is 12.1 Å². The van der Waals surface area contributed by atoms with E-state index in [4.69, 9.17) is 5.73 Å². The van der Waals surface area contributed by atoms with Crippen LogP contribution in [0.25, 0.3) is 0 Å². The predicted octanol–water partition coefficient (Wildman–Crippen LogP) is 1.92. The normalized spacial score (nSPS) is 19.3. The van der Waals surface area contributed by atoms with Crippen molar-refractivity contribution in [3.63, 3.8) is 0 Å². The maximum atomic E-state index is 11.8. The van der Waals surface area contributed by atoms with Crippen LogP contribution in [0.15, 0.2) is 18.2 Å². The Labute approximate surface area is 112 Å². The SMILES string of the molecule is Nc1ccc(N2CC(CBr)CC2=O)cc1[N+](=O)[O-]. The van der Waals surface area contributed by atoms with Gasteiger partial charge in [-0.3, -0.25) is 14.9 Å². The van der Waals surface area contributed by atoms with E-state index in [1.807, 2.05) is 0 Å². The van der Waals surface area contributed by atoms with Crippen LogP contribution in [0.5, 0.6) is 0 Å². The van der Waals surface area contributed by atoms with Crippen molar-refractivity contribution in [2.45, 2.75) is 6.42 Å². The standard InChI is InChI=1S/C11H12BrN3O3/c12-5-7-3-11(16)14(6-7)8-1-2-9(13)10(4-8)15(17)18/h1-2,4,7H,3,5-6,13H2. The Kier molecular flexibility index (Phi) is 3.51. The molecule has 1 aromatic rings. The molecule has 0 spiro atoms. The van der Waals surface area contributed by atoms with Gasteiger partial charge in [0.2, 0.25) is 5.91 Å². The van der Waals surface area contributed by atoms with Crippen molar-refractivity contribution in [2.75, 3.05) is 22.5 Å². The van der Waals surface area contributed by atoms with E-state index in [1.54, 1.807) is 11.0 Å². The van der Waals surface area contributed by atoms with Crippen LogP contribution in [-0.4, -0.2) is 22.7 Å². The van der Waals surface area contributed by atoms with E-state index in [0.717, 1.165) is 5.33 Å². The van der Waals surface area contributed by atoms with Gasteiger partial charge in [0.25, 0.3) is 5.69 Å². The number of halogens is 1. The highest BCUT2D eigenvalue weighted by molar-refractivity contribution is 9.09. The number of nitrogens with zero attached hydrogens (tertiary/aromatic N) is 2. The van der Waals surface area contributed by atoms with Gasteiger partial charge >= 0.3 is 0 Å². The molecule has 1 saturated heterocycles. The van der Waals surface area contributed by atoms with Gasteiger partial charge in [-0.05, 0) is 18.1 Å². The maximum Gasteiger partial charge on any atom is 0.294 e. The van der Waals surface area contributed by atoms with E-state index in [0.29, 0.717) is 18.7 Å². The molecule has 6 nitrogen and oxygen atoms in total. The number of nitro benzene ring substituents is 1. The molecule has 96 valence electrons. The van der Waals surface area contributed by atoms with E-state index >= 15 is 0 Å². The van der Waals surface area contributed by atoms with Gasteiger partial charge in [0, 0.05) is 24.4 Å². The lowest BCUT2D eigenvalue weighted by Crippen LogP contribution is -2.24. The largest absolute Gasteiger partial charge is 0.393 e. The number of rotatable bonds is 3. The average Bonchev–Trinajstić information content (AvgIpc) is 2.71. The number of anilines is 2. The Hall–Kier alpha value is -1.63. The van der Waals surface area contributed by atoms with Crippen LogP contribution >= 0.6 is 15.9 Å². The van der Waals surface area contributed by atoms with Crippen LogP contribution in [0.3, 0.4) is 0 Å².